The zero-order valence-electron chi connectivity index (χ0n) is 14.7. The fourth-order valence-electron chi connectivity index (χ4n) is 3.96. The van der Waals surface area contributed by atoms with Crippen LogP contribution in [0.25, 0.3) is 0 Å². The second kappa shape index (κ2) is 6.30. The number of nitrogens with zero attached hydrogens (tertiary/aromatic N) is 2. The van der Waals surface area contributed by atoms with Crippen molar-refractivity contribution in [2.45, 2.75) is 30.6 Å². The number of amides is 1. The van der Waals surface area contributed by atoms with E-state index in [2.05, 4.69) is 15.3 Å². The fraction of sp³-hybridized carbons (Fsp3) is 0.316. The number of pyridine rings is 1. The average molecular weight is 413 g/mol. The van der Waals surface area contributed by atoms with Gasteiger partial charge in [-0.25, -0.2) is 0 Å². The van der Waals surface area contributed by atoms with Crippen LogP contribution in [-0.4, -0.2) is 29.4 Å². The molecule has 10 heteroatoms. The van der Waals surface area contributed by atoms with Gasteiger partial charge in [0.25, 0.3) is 0 Å². The Labute approximate surface area is 160 Å². The molecule has 1 aromatic carbocycles. The molecule has 1 spiro atoms. The highest BCUT2D eigenvalue weighted by Crippen LogP contribution is 2.48. The van der Waals surface area contributed by atoms with Gasteiger partial charge < -0.3 is 5.32 Å². The number of hydrogen-bond acceptors (Lipinski definition) is 3. The van der Waals surface area contributed by atoms with Crippen molar-refractivity contribution in [1.29, 1.82) is 0 Å². The van der Waals surface area contributed by atoms with Crippen LogP contribution in [0.15, 0.2) is 41.5 Å². The number of hydrogen-bond donors (Lipinski definition) is 1. The molecule has 152 valence electrons. The third kappa shape index (κ3) is 3.16. The molecule has 0 saturated carbocycles. The van der Waals surface area contributed by atoms with E-state index in [1.165, 1.54) is 6.20 Å². The maximum Gasteiger partial charge on any atom is 0.416 e. The molecule has 4 nitrogen and oxygen atoms in total. The molecule has 0 saturated heterocycles. The molecule has 1 atom stereocenters. The predicted molar refractivity (Wildman–Crippen MR) is 90.4 cm³/mol. The van der Waals surface area contributed by atoms with E-state index >= 15 is 0 Å². The molecular formula is C19H13F6N3O. The summed E-state index contributed by atoms with van der Waals surface area (Å²) in [4.78, 5) is 20.7. The van der Waals surface area contributed by atoms with Crippen molar-refractivity contribution in [3.63, 3.8) is 0 Å². The van der Waals surface area contributed by atoms with Gasteiger partial charge in [-0.15, -0.1) is 0 Å². The number of aryl methyl sites for hydroxylation is 1. The van der Waals surface area contributed by atoms with Gasteiger partial charge in [0, 0.05) is 17.5 Å². The van der Waals surface area contributed by atoms with Crippen LogP contribution >= 0.6 is 0 Å². The van der Waals surface area contributed by atoms with Gasteiger partial charge in [0.1, 0.15) is 17.8 Å². The number of rotatable bonds is 1. The zero-order valence-corrected chi connectivity index (χ0v) is 14.7. The van der Waals surface area contributed by atoms with Gasteiger partial charge in [-0.1, -0.05) is 12.1 Å². The largest absolute Gasteiger partial charge is 0.416 e. The maximum absolute atomic E-state index is 13.3. The molecule has 1 amide bonds. The lowest BCUT2D eigenvalue weighted by Crippen LogP contribution is -2.52. The zero-order chi connectivity index (χ0) is 21.0. The number of amidine groups is 1. The van der Waals surface area contributed by atoms with Crippen LogP contribution in [-0.2, 0) is 22.8 Å². The topological polar surface area (TPSA) is 54.4 Å². The van der Waals surface area contributed by atoms with E-state index in [4.69, 9.17) is 0 Å². The van der Waals surface area contributed by atoms with Gasteiger partial charge in [-0.2, -0.15) is 26.3 Å². The van der Waals surface area contributed by atoms with Crippen LogP contribution in [0.1, 0.15) is 34.4 Å². The van der Waals surface area contributed by atoms with Crippen LogP contribution < -0.4 is 5.32 Å². The number of nitrogens with one attached hydrogen (secondary N) is 1. The number of benzene rings is 1. The molecule has 0 unspecified atom stereocenters. The van der Waals surface area contributed by atoms with E-state index in [9.17, 15) is 31.1 Å². The minimum atomic E-state index is -4.68. The summed E-state index contributed by atoms with van der Waals surface area (Å²) in [5.41, 5.74) is -1.40. The highest BCUT2D eigenvalue weighted by atomic mass is 19.4. The number of alkyl halides is 6. The highest BCUT2D eigenvalue weighted by molar-refractivity contribution is 6.17. The summed E-state index contributed by atoms with van der Waals surface area (Å²) < 4.78 is 77.9. The lowest BCUT2D eigenvalue weighted by molar-refractivity contribution is -0.138. The lowest BCUT2D eigenvalue weighted by atomic mass is 9.70. The molecule has 0 bridgehead atoms. The van der Waals surface area contributed by atoms with Crippen molar-refractivity contribution in [2.24, 2.45) is 4.99 Å². The predicted octanol–water partition coefficient (Wildman–Crippen LogP) is 3.77. The summed E-state index contributed by atoms with van der Waals surface area (Å²) in [6.45, 7) is -1.56. The molecule has 0 fully saturated rings. The third-order valence-electron chi connectivity index (χ3n) is 5.18. The van der Waals surface area contributed by atoms with Crippen LogP contribution in [0.4, 0.5) is 26.3 Å². The number of halogens is 6. The van der Waals surface area contributed by atoms with Crippen molar-refractivity contribution < 1.29 is 31.1 Å². The minimum absolute atomic E-state index is 0.0104. The fourth-order valence-corrected chi connectivity index (χ4v) is 3.96. The summed E-state index contributed by atoms with van der Waals surface area (Å²) in [5.74, 6) is -1.10. The Hall–Kier alpha value is -2.91. The lowest BCUT2D eigenvalue weighted by Gasteiger charge is -2.36. The quantitative estimate of drug-likeness (QED) is 0.724. The van der Waals surface area contributed by atoms with Crippen molar-refractivity contribution >= 4 is 11.7 Å². The Kier molecular flexibility index (Phi) is 4.21. The summed E-state index contributed by atoms with van der Waals surface area (Å²) in [7, 11) is 0. The van der Waals surface area contributed by atoms with Crippen LogP contribution in [0.3, 0.4) is 0 Å². The van der Waals surface area contributed by atoms with E-state index in [0.29, 0.717) is 17.7 Å². The van der Waals surface area contributed by atoms with Crippen LogP contribution in [0, 0.1) is 0 Å². The Morgan fingerprint density at radius 3 is 2.55 bits per heavy atom. The van der Waals surface area contributed by atoms with Gasteiger partial charge in [-0.3, -0.25) is 14.8 Å². The number of aromatic nitrogens is 1. The Balaban J connectivity index is 1.96. The summed E-state index contributed by atoms with van der Waals surface area (Å²) in [6.07, 6.45) is -7.27. The first-order chi connectivity index (χ1) is 13.5. The minimum Gasteiger partial charge on any atom is -0.309 e. The molecular weight excluding hydrogens is 400 g/mol. The van der Waals surface area contributed by atoms with E-state index < -0.39 is 35.8 Å². The van der Waals surface area contributed by atoms with Crippen LogP contribution in [0.5, 0.6) is 0 Å². The normalized spacial score (nSPS) is 22.6. The Morgan fingerprint density at radius 1 is 1.10 bits per heavy atom. The maximum atomic E-state index is 13.3. The first-order valence-corrected chi connectivity index (χ1v) is 8.61. The monoisotopic (exact) mass is 413 g/mol. The summed E-state index contributed by atoms with van der Waals surface area (Å²) in [6, 6.07) is 5.84. The molecule has 1 N–H and O–H groups in total. The molecule has 1 aliphatic carbocycles. The average Bonchev–Trinajstić information content (AvgIpc) is 3.03. The molecule has 2 heterocycles. The van der Waals surface area contributed by atoms with Crippen LogP contribution in [0.2, 0.25) is 0 Å². The van der Waals surface area contributed by atoms with Crippen molar-refractivity contribution in [3.05, 3.63) is 64.5 Å². The number of aliphatic imine (C=N–C) groups is 1. The standard InChI is InChI=1S/C19H13F6N3O/c20-18(21,22)9-27-15-11-4-3-10(19(23,24)25)8-13(11)17(16(29)28-15)6-5-14-12(17)2-1-7-26-14/h1-4,7-8H,5-6,9H2,(H,27,28,29)/t17-/m1/s1. The van der Waals surface area contributed by atoms with Gasteiger partial charge in [0.15, 0.2) is 0 Å². The Bertz CT molecular complexity index is 1030. The molecule has 1 aromatic heterocycles. The van der Waals surface area contributed by atoms with E-state index in [1.807, 2.05) is 0 Å². The Morgan fingerprint density at radius 2 is 1.86 bits per heavy atom. The van der Waals surface area contributed by atoms with E-state index in [-0.39, 0.29) is 23.4 Å². The number of fused-ring (bicyclic) bond motifs is 4. The van der Waals surface area contributed by atoms with Gasteiger partial charge in [-0.05, 0) is 42.2 Å². The molecule has 2 aliphatic rings. The molecule has 1 aliphatic heterocycles. The third-order valence-corrected chi connectivity index (χ3v) is 5.18. The van der Waals surface area contributed by atoms with Crippen molar-refractivity contribution in [2.75, 3.05) is 6.54 Å². The van der Waals surface area contributed by atoms with E-state index in [1.54, 1.807) is 12.1 Å². The smallest absolute Gasteiger partial charge is 0.309 e. The summed E-state index contributed by atoms with van der Waals surface area (Å²) >= 11 is 0. The number of carbonyl (C=O) groups is 1. The van der Waals surface area contributed by atoms with Crippen molar-refractivity contribution in [1.82, 2.24) is 10.3 Å². The number of carbonyl (C=O) groups excluding carboxylic acids is 1. The van der Waals surface area contributed by atoms with Gasteiger partial charge in [0.2, 0.25) is 5.91 Å². The molecule has 2 aromatic rings. The molecule has 29 heavy (non-hydrogen) atoms. The molecule has 0 radical (unpaired) electrons. The van der Waals surface area contributed by atoms with Gasteiger partial charge >= 0.3 is 12.4 Å². The SMILES string of the molecule is O=C1NC(=NCC(F)(F)F)c2ccc(C(F)(F)F)cc2[C@]12CCc1ncccc12. The van der Waals surface area contributed by atoms with E-state index in [0.717, 1.165) is 18.2 Å². The first-order valence-electron chi connectivity index (χ1n) is 8.61. The van der Waals surface area contributed by atoms with Gasteiger partial charge in [0.05, 0.1) is 5.56 Å². The molecule has 4 rings (SSSR count). The second-order valence-corrected chi connectivity index (χ2v) is 6.90. The van der Waals surface area contributed by atoms with Crippen molar-refractivity contribution in [3.8, 4) is 0 Å². The highest BCUT2D eigenvalue weighted by Gasteiger charge is 2.52. The second-order valence-electron chi connectivity index (χ2n) is 6.90. The first kappa shape index (κ1) is 19.4. The summed E-state index contributed by atoms with van der Waals surface area (Å²) in [5, 5.41) is 2.38.